The Labute approximate surface area is 94.6 Å². The predicted molar refractivity (Wildman–Crippen MR) is 63.7 cm³/mol. The Hall–Kier alpha value is -0.500. The summed E-state index contributed by atoms with van der Waals surface area (Å²) in [5.41, 5.74) is 1.22. The summed E-state index contributed by atoms with van der Waals surface area (Å²) in [5.74, 6) is 1.20. The second-order valence-electron chi connectivity index (χ2n) is 3.76. The second-order valence-corrected chi connectivity index (χ2v) is 4.61. The van der Waals surface area contributed by atoms with Crippen LogP contribution in [0.4, 0.5) is 0 Å². The zero-order valence-corrected chi connectivity index (χ0v) is 10.5. The summed E-state index contributed by atoms with van der Waals surface area (Å²) < 4.78 is 6.61. The van der Waals surface area contributed by atoms with Crippen LogP contribution >= 0.6 is 15.9 Å². The molecular weight excluding hydrogens is 240 g/mol. The molecule has 2 heteroatoms. The van der Waals surface area contributed by atoms with Gasteiger partial charge in [0.25, 0.3) is 0 Å². The molecule has 0 saturated heterocycles. The summed E-state index contributed by atoms with van der Waals surface area (Å²) in [6.07, 6.45) is 0.203. The van der Waals surface area contributed by atoms with Crippen molar-refractivity contribution in [2.24, 2.45) is 0 Å². The number of hydrogen-bond donors (Lipinski definition) is 0. The molecule has 0 spiro atoms. The molecule has 0 heterocycles. The highest BCUT2D eigenvalue weighted by Gasteiger charge is 2.06. The van der Waals surface area contributed by atoms with E-state index < -0.39 is 0 Å². The van der Waals surface area contributed by atoms with Crippen LogP contribution < -0.4 is 4.74 Å². The lowest BCUT2D eigenvalue weighted by Crippen LogP contribution is -2.06. The van der Waals surface area contributed by atoms with Crippen LogP contribution in [0.1, 0.15) is 32.3 Å². The van der Waals surface area contributed by atoms with E-state index in [9.17, 15) is 0 Å². The number of halogens is 1. The molecule has 1 rings (SSSR count). The summed E-state index contributed by atoms with van der Waals surface area (Å²) in [5, 5.41) is 0. The number of rotatable bonds is 3. The zero-order valence-electron chi connectivity index (χ0n) is 8.88. The van der Waals surface area contributed by atoms with E-state index in [-0.39, 0.29) is 6.10 Å². The van der Waals surface area contributed by atoms with Gasteiger partial charge in [-0.25, -0.2) is 0 Å². The quantitative estimate of drug-likeness (QED) is 0.788. The van der Waals surface area contributed by atoms with Crippen LogP contribution in [0.25, 0.3) is 0 Å². The smallest absolute Gasteiger partial charge is 0.133 e. The average Bonchev–Trinajstić information content (AvgIpc) is 2.07. The van der Waals surface area contributed by atoms with Crippen molar-refractivity contribution < 1.29 is 4.74 Å². The van der Waals surface area contributed by atoms with Crippen molar-refractivity contribution >= 4 is 15.9 Å². The topological polar surface area (TPSA) is 9.23 Å². The predicted octanol–water partition coefficient (Wildman–Crippen LogP) is 4.17. The molecule has 0 aliphatic carbocycles. The third kappa shape index (κ3) is 3.02. The fourth-order valence-corrected chi connectivity index (χ4v) is 1.66. The molecule has 0 fully saturated rings. The van der Waals surface area contributed by atoms with E-state index in [0.29, 0.717) is 5.92 Å². The lowest BCUT2D eigenvalue weighted by molar-refractivity contribution is 0.241. The molecule has 0 aromatic heterocycles. The molecular formula is C12H16BrO. The maximum absolute atomic E-state index is 5.61. The van der Waals surface area contributed by atoms with Crippen LogP contribution in [-0.4, -0.2) is 6.10 Å². The first-order chi connectivity index (χ1) is 6.50. The standard InChI is InChI=1S/C12H16BrO/c1-8(2)10-5-6-12(11(13)7-10)14-9(3)4/h5-9H,1H2,2-4H3. The van der Waals surface area contributed by atoms with Gasteiger partial charge in [-0.3, -0.25) is 0 Å². The lowest BCUT2D eigenvalue weighted by Gasteiger charge is -2.13. The van der Waals surface area contributed by atoms with Gasteiger partial charge in [-0.1, -0.05) is 13.0 Å². The van der Waals surface area contributed by atoms with Crippen molar-refractivity contribution in [1.82, 2.24) is 0 Å². The summed E-state index contributed by atoms with van der Waals surface area (Å²) in [6, 6.07) is 6.11. The highest BCUT2D eigenvalue weighted by molar-refractivity contribution is 9.10. The molecule has 0 N–H and O–H groups in total. The van der Waals surface area contributed by atoms with Crippen molar-refractivity contribution in [2.75, 3.05) is 0 Å². The first-order valence-electron chi connectivity index (χ1n) is 4.80. The van der Waals surface area contributed by atoms with Crippen LogP contribution in [0.3, 0.4) is 0 Å². The van der Waals surface area contributed by atoms with E-state index in [4.69, 9.17) is 4.74 Å². The van der Waals surface area contributed by atoms with Crippen LogP contribution in [0.5, 0.6) is 5.75 Å². The minimum absolute atomic E-state index is 0.203. The van der Waals surface area contributed by atoms with Crippen molar-refractivity contribution in [1.29, 1.82) is 0 Å². The SMILES string of the molecule is [CH2]C(C)c1ccc(OC(C)C)c(Br)c1. The molecule has 0 amide bonds. The maximum Gasteiger partial charge on any atom is 0.133 e. The Bertz CT molecular complexity index is 305. The Kier molecular flexibility index (Phi) is 3.99. The van der Waals surface area contributed by atoms with Gasteiger partial charge in [0, 0.05) is 0 Å². The molecule has 1 aromatic carbocycles. The molecule has 1 aromatic rings. The summed E-state index contributed by atoms with van der Waals surface area (Å²) in [4.78, 5) is 0. The maximum atomic E-state index is 5.61. The van der Waals surface area contributed by atoms with Crippen LogP contribution in [0.15, 0.2) is 22.7 Å². The fourth-order valence-electron chi connectivity index (χ4n) is 1.17. The molecule has 1 radical (unpaired) electrons. The van der Waals surface area contributed by atoms with E-state index >= 15 is 0 Å². The van der Waals surface area contributed by atoms with Crippen molar-refractivity contribution in [2.45, 2.75) is 32.8 Å². The zero-order chi connectivity index (χ0) is 10.7. The van der Waals surface area contributed by atoms with Gasteiger partial charge in [0.05, 0.1) is 10.6 Å². The minimum Gasteiger partial charge on any atom is -0.490 e. The second kappa shape index (κ2) is 4.83. The van der Waals surface area contributed by atoms with Crippen molar-refractivity contribution in [3.05, 3.63) is 35.2 Å². The Morgan fingerprint density at radius 1 is 1.29 bits per heavy atom. The lowest BCUT2D eigenvalue weighted by atomic mass is 10.0. The van der Waals surface area contributed by atoms with Gasteiger partial charge in [-0.2, -0.15) is 0 Å². The normalized spacial score (nSPS) is 11.1. The van der Waals surface area contributed by atoms with Gasteiger partial charge in [0.2, 0.25) is 0 Å². The molecule has 0 aliphatic heterocycles. The Balaban J connectivity index is 2.90. The third-order valence-corrected chi connectivity index (χ3v) is 2.51. The fraction of sp³-hybridized carbons (Fsp3) is 0.417. The Morgan fingerprint density at radius 3 is 2.36 bits per heavy atom. The van der Waals surface area contributed by atoms with E-state index in [1.165, 1.54) is 5.56 Å². The van der Waals surface area contributed by atoms with Gasteiger partial charge in [0.15, 0.2) is 0 Å². The highest BCUT2D eigenvalue weighted by Crippen LogP contribution is 2.29. The monoisotopic (exact) mass is 255 g/mol. The van der Waals surface area contributed by atoms with Gasteiger partial charge in [-0.05, 0) is 60.3 Å². The van der Waals surface area contributed by atoms with Gasteiger partial charge in [-0.15, -0.1) is 0 Å². The third-order valence-electron chi connectivity index (χ3n) is 1.89. The van der Waals surface area contributed by atoms with Crippen LogP contribution in [0, 0.1) is 6.92 Å². The molecule has 1 unspecified atom stereocenters. The molecule has 0 saturated carbocycles. The first kappa shape index (κ1) is 11.6. The molecule has 1 nitrogen and oxygen atoms in total. The van der Waals surface area contributed by atoms with Crippen LogP contribution in [0.2, 0.25) is 0 Å². The molecule has 0 aliphatic rings. The van der Waals surface area contributed by atoms with Crippen molar-refractivity contribution in [3.63, 3.8) is 0 Å². The van der Waals surface area contributed by atoms with Gasteiger partial charge >= 0.3 is 0 Å². The van der Waals surface area contributed by atoms with E-state index in [0.717, 1.165) is 10.2 Å². The summed E-state index contributed by atoms with van der Waals surface area (Å²) >= 11 is 3.49. The largest absolute Gasteiger partial charge is 0.490 e. The van der Waals surface area contributed by atoms with E-state index in [2.05, 4.69) is 41.9 Å². The number of hydrogen-bond acceptors (Lipinski definition) is 1. The van der Waals surface area contributed by atoms with Crippen molar-refractivity contribution in [3.8, 4) is 5.75 Å². The van der Waals surface area contributed by atoms with E-state index in [1.54, 1.807) is 0 Å². The molecule has 14 heavy (non-hydrogen) atoms. The molecule has 0 bridgehead atoms. The number of ether oxygens (including phenoxy) is 1. The first-order valence-corrected chi connectivity index (χ1v) is 5.59. The summed E-state index contributed by atoms with van der Waals surface area (Å²) in [6.45, 7) is 10.1. The molecule has 77 valence electrons. The van der Waals surface area contributed by atoms with Crippen LogP contribution in [-0.2, 0) is 0 Å². The summed E-state index contributed by atoms with van der Waals surface area (Å²) in [7, 11) is 0. The van der Waals surface area contributed by atoms with Gasteiger partial charge < -0.3 is 4.74 Å². The minimum atomic E-state index is 0.203. The van der Waals surface area contributed by atoms with Gasteiger partial charge in [0.1, 0.15) is 5.75 Å². The Morgan fingerprint density at radius 2 is 1.93 bits per heavy atom. The van der Waals surface area contributed by atoms with E-state index in [1.807, 2.05) is 19.9 Å². The molecule has 1 atom stereocenters. The highest BCUT2D eigenvalue weighted by atomic mass is 79.9. The number of benzene rings is 1. The average molecular weight is 256 g/mol.